The van der Waals surface area contributed by atoms with Crippen LogP contribution in [0.1, 0.15) is 25.7 Å². The highest BCUT2D eigenvalue weighted by Crippen LogP contribution is 2.57. The van der Waals surface area contributed by atoms with Gasteiger partial charge in [0.1, 0.15) is 24.9 Å². The van der Waals surface area contributed by atoms with Crippen molar-refractivity contribution in [2.75, 3.05) is 13.7 Å². The van der Waals surface area contributed by atoms with E-state index in [4.69, 9.17) is 23.7 Å². The van der Waals surface area contributed by atoms with E-state index >= 15 is 0 Å². The summed E-state index contributed by atoms with van der Waals surface area (Å²) < 4.78 is 30.0. The van der Waals surface area contributed by atoms with E-state index in [1.165, 1.54) is 13.4 Å². The second kappa shape index (κ2) is 10.5. The Bertz CT molecular complexity index is 1400. The van der Waals surface area contributed by atoms with Crippen LogP contribution in [0, 0.1) is 23.2 Å². The van der Waals surface area contributed by atoms with E-state index in [1.807, 2.05) is 6.08 Å². The number of esters is 1. The van der Waals surface area contributed by atoms with Crippen molar-refractivity contribution in [1.82, 2.24) is 4.98 Å². The van der Waals surface area contributed by atoms with Crippen LogP contribution in [0.15, 0.2) is 48.9 Å². The van der Waals surface area contributed by atoms with Crippen LogP contribution in [-0.4, -0.2) is 77.3 Å². The SMILES string of the molecule is C=CC1C(CC(=O)O)C(C(=O)OC)=CC23CCCC2C=COCC2OC(OC13)C(O)C(O)C21C=c2cc[n-]c2=CO1. The smallest absolute Gasteiger partial charge is 0.333 e. The number of aliphatic carboxylic acids is 1. The Morgan fingerprint density at radius 3 is 2.85 bits per heavy atom. The summed E-state index contributed by atoms with van der Waals surface area (Å²) in [6.07, 6.45) is 7.53. The van der Waals surface area contributed by atoms with E-state index in [9.17, 15) is 24.9 Å². The van der Waals surface area contributed by atoms with Gasteiger partial charge in [-0.25, -0.2) is 4.79 Å². The molecule has 0 amide bonds. The van der Waals surface area contributed by atoms with Crippen molar-refractivity contribution in [2.45, 2.75) is 62.0 Å². The maximum Gasteiger partial charge on any atom is 0.333 e. The Morgan fingerprint density at radius 1 is 1.27 bits per heavy atom. The normalized spacial score (nSPS) is 41.0. The fourth-order valence-electron chi connectivity index (χ4n) is 7.43. The molecule has 10 atom stereocenters. The van der Waals surface area contributed by atoms with E-state index in [2.05, 4.69) is 11.6 Å². The van der Waals surface area contributed by atoms with Gasteiger partial charge in [-0.3, -0.25) is 4.79 Å². The summed E-state index contributed by atoms with van der Waals surface area (Å²) in [6, 6.07) is 1.78. The van der Waals surface area contributed by atoms with Crippen molar-refractivity contribution in [3.63, 3.8) is 0 Å². The lowest BCUT2D eigenvalue weighted by Crippen LogP contribution is -2.69. The molecule has 1 aromatic heterocycles. The summed E-state index contributed by atoms with van der Waals surface area (Å²) in [5, 5.41) is 34.1. The molecule has 1 saturated heterocycles. The highest BCUT2D eigenvalue weighted by atomic mass is 16.7. The monoisotopic (exact) mass is 568 g/mol. The molecule has 0 radical (unpaired) electrons. The molecule has 4 heterocycles. The van der Waals surface area contributed by atoms with E-state index in [1.54, 1.807) is 36.8 Å². The third-order valence-corrected chi connectivity index (χ3v) is 9.39. The van der Waals surface area contributed by atoms with Crippen LogP contribution in [0.2, 0.25) is 0 Å². The maximum atomic E-state index is 13.0. The van der Waals surface area contributed by atoms with Gasteiger partial charge in [0.05, 0.1) is 32.2 Å². The van der Waals surface area contributed by atoms with Crippen molar-refractivity contribution < 1.29 is 48.6 Å². The van der Waals surface area contributed by atoms with Crippen molar-refractivity contribution in [3.05, 3.63) is 59.5 Å². The van der Waals surface area contributed by atoms with E-state index in [0.717, 1.165) is 18.1 Å². The number of aromatic nitrogens is 1. The Kier molecular flexibility index (Phi) is 7.09. The zero-order chi connectivity index (χ0) is 28.9. The molecule has 2 spiro atoms. The number of allylic oxidation sites excluding steroid dienone is 1. The second-order valence-electron chi connectivity index (χ2n) is 11.4. The molecule has 2 aliphatic carbocycles. The molecule has 11 nitrogen and oxygen atoms in total. The first kappa shape index (κ1) is 27.8. The minimum absolute atomic E-state index is 0.0197. The Morgan fingerprint density at radius 2 is 2.10 bits per heavy atom. The lowest BCUT2D eigenvalue weighted by Gasteiger charge is -2.53. The van der Waals surface area contributed by atoms with Gasteiger partial charge in [0.25, 0.3) is 0 Å². The molecule has 2 fully saturated rings. The molecule has 5 aliphatic rings. The van der Waals surface area contributed by atoms with Crippen LogP contribution in [0.4, 0.5) is 0 Å². The summed E-state index contributed by atoms with van der Waals surface area (Å²) in [4.78, 5) is 29.2. The number of aliphatic hydroxyl groups excluding tert-OH is 2. The van der Waals surface area contributed by atoms with Gasteiger partial charge in [0.2, 0.25) is 0 Å². The molecule has 1 saturated carbocycles. The van der Waals surface area contributed by atoms with Crippen LogP contribution in [0.5, 0.6) is 0 Å². The zero-order valence-electron chi connectivity index (χ0n) is 22.6. The molecule has 3 N–H and O–H groups in total. The first-order valence-corrected chi connectivity index (χ1v) is 13.8. The first-order valence-electron chi connectivity index (χ1n) is 13.8. The van der Waals surface area contributed by atoms with Gasteiger partial charge in [-0.1, -0.05) is 30.0 Å². The first-order chi connectivity index (χ1) is 19.7. The average molecular weight is 569 g/mol. The predicted octanol–water partition coefficient (Wildman–Crippen LogP) is 0.0997. The highest BCUT2D eigenvalue weighted by molar-refractivity contribution is 5.90. The maximum absolute atomic E-state index is 13.0. The molecule has 220 valence electrons. The van der Waals surface area contributed by atoms with Crippen LogP contribution in [0.3, 0.4) is 0 Å². The quantitative estimate of drug-likeness (QED) is 0.335. The topological polar surface area (TPSA) is 155 Å². The minimum Gasteiger partial charge on any atom is -0.661 e. The van der Waals surface area contributed by atoms with E-state index in [-0.39, 0.29) is 24.5 Å². The largest absolute Gasteiger partial charge is 0.661 e. The number of rotatable bonds is 4. The van der Waals surface area contributed by atoms with Crippen LogP contribution < -0.4 is 15.6 Å². The average Bonchev–Trinajstić information content (AvgIpc) is 3.59. The number of hydrogen-bond acceptors (Lipinski definition) is 9. The summed E-state index contributed by atoms with van der Waals surface area (Å²) in [6.45, 7) is 3.97. The van der Waals surface area contributed by atoms with Crippen molar-refractivity contribution in [3.8, 4) is 0 Å². The molecular formula is C30H34NO10-. The van der Waals surface area contributed by atoms with Crippen molar-refractivity contribution in [2.24, 2.45) is 23.2 Å². The standard InChI is InChI=1S/C30H34NO10/c1-3-18-19(11-23(32)33)20(27(36)37-2)13-29-8-4-5-17(29)7-10-38-15-22-30(12-16-6-9-31-21(16)14-39-30)25(35)24(34)28(40-22)41-26(18)29/h3,6-7,9-10,12-14,17-19,22,24-26,28,34-35H,1,4-5,8,11,15H2,2H3,(H,32,33)/q-1. The van der Waals surface area contributed by atoms with Gasteiger partial charge < -0.3 is 44.0 Å². The third-order valence-electron chi connectivity index (χ3n) is 9.39. The molecule has 3 aliphatic heterocycles. The zero-order valence-corrected chi connectivity index (χ0v) is 22.6. The number of carbonyl (C=O) groups is 2. The van der Waals surface area contributed by atoms with Crippen LogP contribution in [-0.2, 0) is 33.3 Å². The molecular weight excluding hydrogens is 534 g/mol. The van der Waals surface area contributed by atoms with Crippen LogP contribution in [0.25, 0.3) is 12.3 Å². The summed E-state index contributed by atoms with van der Waals surface area (Å²) in [5.41, 5.74) is -2.00. The number of aliphatic hydroxyl groups is 2. The number of carbonyl (C=O) groups excluding carboxylic acids is 1. The molecule has 11 heteroatoms. The van der Waals surface area contributed by atoms with Gasteiger partial charge in [0.15, 0.2) is 11.9 Å². The van der Waals surface area contributed by atoms with Crippen LogP contribution >= 0.6 is 0 Å². The van der Waals surface area contributed by atoms with Crippen molar-refractivity contribution in [1.29, 1.82) is 0 Å². The number of hydrogen-bond donors (Lipinski definition) is 3. The molecule has 6 rings (SSSR count). The fraction of sp³-hybridized carbons (Fsp3) is 0.533. The third kappa shape index (κ3) is 4.34. The summed E-state index contributed by atoms with van der Waals surface area (Å²) >= 11 is 0. The predicted molar refractivity (Wildman–Crippen MR) is 142 cm³/mol. The Hall–Kier alpha value is -3.38. The number of carboxylic acid groups (broad SMARTS) is 1. The lowest BCUT2D eigenvalue weighted by molar-refractivity contribution is -0.334. The summed E-state index contributed by atoms with van der Waals surface area (Å²) in [7, 11) is 1.27. The van der Waals surface area contributed by atoms with Gasteiger partial charge in [0, 0.05) is 22.8 Å². The summed E-state index contributed by atoms with van der Waals surface area (Å²) in [5.74, 6) is -3.27. The number of ether oxygens (including phenoxy) is 5. The second-order valence-corrected chi connectivity index (χ2v) is 11.4. The highest BCUT2D eigenvalue weighted by Gasteiger charge is 2.61. The number of methoxy groups -OCH3 is 1. The number of nitrogens with zero attached hydrogens (tertiary/aromatic N) is 1. The Balaban J connectivity index is 1.46. The lowest BCUT2D eigenvalue weighted by atomic mass is 9.59. The molecule has 41 heavy (non-hydrogen) atoms. The van der Waals surface area contributed by atoms with Crippen molar-refractivity contribution >= 4 is 24.3 Å². The number of fused-ring (bicyclic) bond motifs is 4. The van der Waals surface area contributed by atoms with Gasteiger partial charge in [-0.05, 0) is 36.1 Å². The number of carboxylic acids is 1. The van der Waals surface area contributed by atoms with E-state index in [0.29, 0.717) is 11.8 Å². The van der Waals surface area contributed by atoms with Gasteiger partial charge in [-0.2, -0.15) is 6.20 Å². The molecule has 1 aromatic rings. The fourth-order valence-corrected chi connectivity index (χ4v) is 7.43. The van der Waals surface area contributed by atoms with Gasteiger partial charge >= 0.3 is 11.9 Å². The molecule has 2 bridgehead atoms. The van der Waals surface area contributed by atoms with Gasteiger partial charge in [-0.15, -0.1) is 6.58 Å². The van der Waals surface area contributed by atoms with E-state index < -0.39 is 65.5 Å². The molecule has 10 unspecified atom stereocenters. The minimum atomic E-state index is -1.54. The molecule has 0 aromatic carbocycles. The Labute approximate surface area is 236 Å².